The molecular formula is C22H23FN4O3. The molecule has 7 nitrogen and oxygen atoms in total. The molecule has 0 aromatic heterocycles. The minimum Gasteiger partial charge on any atom is -0.368 e. The third kappa shape index (κ3) is 4.04. The van der Waals surface area contributed by atoms with Crippen LogP contribution in [0, 0.1) is 5.82 Å². The maximum atomic E-state index is 13.3. The van der Waals surface area contributed by atoms with E-state index in [4.69, 9.17) is 10.5 Å². The predicted molar refractivity (Wildman–Crippen MR) is 110 cm³/mol. The van der Waals surface area contributed by atoms with Crippen LogP contribution < -0.4 is 10.7 Å². The monoisotopic (exact) mass is 410 g/mol. The van der Waals surface area contributed by atoms with Crippen LogP contribution in [0.4, 0.5) is 10.1 Å². The highest BCUT2D eigenvalue weighted by Crippen LogP contribution is 2.28. The summed E-state index contributed by atoms with van der Waals surface area (Å²) < 4.78 is 19.3. The smallest absolute Gasteiger partial charge is 0.270 e. The molecule has 0 saturated carbocycles. The topological polar surface area (TPSA) is 88.2 Å². The van der Waals surface area contributed by atoms with Crippen LogP contribution in [0.2, 0.25) is 0 Å². The Labute approximate surface area is 173 Å². The average Bonchev–Trinajstić information content (AvgIpc) is 3.20. The van der Waals surface area contributed by atoms with Crippen LogP contribution in [-0.2, 0) is 14.3 Å². The lowest BCUT2D eigenvalue weighted by molar-refractivity contribution is -0.138. The second kappa shape index (κ2) is 8.23. The molecule has 0 bridgehead atoms. The van der Waals surface area contributed by atoms with Gasteiger partial charge < -0.3 is 15.4 Å². The first-order valence-corrected chi connectivity index (χ1v) is 9.83. The molecule has 0 radical (unpaired) electrons. The molecule has 0 spiro atoms. The summed E-state index contributed by atoms with van der Waals surface area (Å²) in [7, 11) is 0. The lowest BCUT2D eigenvalue weighted by atomic mass is 10.0. The number of primary amides is 1. The molecule has 3 unspecified atom stereocenters. The lowest BCUT2D eigenvalue weighted by Crippen LogP contribution is -2.48. The zero-order valence-corrected chi connectivity index (χ0v) is 16.6. The first kappa shape index (κ1) is 20.0. The Hall–Kier alpha value is -3.26. The number of anilines is 1. The minimum absolute atomic E-state index is 0.104. The van der Waals surface area contributed by atoms with Crippen molar-refractivity contribution in [3.05, 3.63) is 66.0 Å². The third-order valence-corrected chi connectivity index (χ3v) is 5.30. The van der Waals surface area contributed by atoms with E-state index in [0.29, 0.717) is 18.8 Å². The van der Waals surface area contributed by atoms with Gasteiger partial charge in [0, 0.05) is 13.0 Å². The first-order valence-electron chi connectivity index (χ1n) is 9.83. The fraction of sp³-hybridized carbons (Fsp3) is 0.318. The molecule has 1 fully saturated rings. The molecule has 8 heteroatoms. The Morgan fingerprint density at radius 2 is 1.80 bits per heavy atom. The Morgan fingerprint density at radius 3 is 2.47 bits per heavy atom. The van der Waals surface area contributed by atoms with Crippen LogP contribution in [0.25, 0.3) is 0 Å². The molecule has 156 valence electrons. The second-order valence-corrected chi connectivity index (χ2v) is 7.55. The Bertz CT molecular complexity index is 964. The molecule has 1 saturated heterocycles. The largest absolute Gasteiger partial charge is 0.368 e. The number of hydrazone groups is 1. The van der Waals surface area contributed by atoms with Crippen molar-refractivity contribution in [1.29, 1.82) is 0 Å². The molecule has 2 aromatic rings. The lowest BCUT2D eigenvalue weighted by Gasteiger charge is -2.37. The number of nitrogens with two attached hydrogens (primary N) is 1. The first-order chi connectivity index (χ1) is 14.4. The number of carbonyl (C=O) groups excluding carboxylic acids is 2. The molecule has 30 heavy (non-hydrogen) atoms. The Kier molecular flexibility index (Phi) is 5.50. The molecule has 2 heterocycles. The maximum absolute atomic E-state index is 13.3. The highest BCUT2D eigenvalue weighted by Gasteiger charge is 2.38. The number of carbonyl (C=O) groups is 2. The quantitative estimate of drug-likeness (QED) is 0.837. The van der Waals surface area contributed by atoms with Crippen molar-refractivity contribution in [2.45, 2.75) is 31.6 Å². The summed E-state index contributed by atoms with van der Waals surface area (Å²) in [6.45, 7) is 2.74. The molecule has 0 aliphatic carbocycles. The van der Waals surface area contributed by atoms with Gasteiger partial charge in [-0.3, -0.25) is 14.6 Å². The van der Waals surface area contributed by atoms with E-state index in [1.165, 1.54) is 29.3 Å². The predicted octanol–water partition coefficient (Wildman–Crippen LogP) is 2.23. The van der Waals surface area contributed by atoms with Gasteiger partial charge in [-0.2, -0.15) is 5.10 Å². The fourth-order valence-corrected chi connectivity index (χ4v) is 3.84. The molecular weight excluding hydrogens is 387 g/mol. The molecule has 4 rings (SSSR count). The van der Waals surface area contributed by atoms with Crippen LogP contribution in [0.5, 0.6) is 0 Å². The minimum atomic E-state index is -0.794. The van der Waals surface area contributed by atoms with Crippen LogP contribution >= 0.6 is 0 Å². The average molecular weight is 410 g/mol. The Balaban J connectivity index is 1.56. The van der Waals surface area contributed by atoms with Crippen molar-refractivity contribution in [1.82, 2.24) is 4.90 Å². The number of hydrogen-bond acceptors (Lipinski definition) is 5. The van der Waals surface area contributed by atoms with Crippen molar-refractivity contribution in [2.75, 3.05) is 18.1 Å². The zero-order valence-electron chi connectivity index (χ0n) is 16.6. The summed E-state index contributed by atoms with van der Waals surface area (Å²) in [6, 6.07) is 14.5. The van der Waals surface area contributed by atoms with Gasteiger partial charge in [-0.25, -0.2) is 4.39 Å². The van der Waals surface area contributed by atoms with Gasteiger partial charge in [-0.15, -0.1) is 0 Å². The van der Waals surface area contributed by atoms with E-state index in [0.717, 1.165) is 5.56 Å². The SMILES string of the molecule is CC1CN(C(=O)C2=NN(c3ccc(F)cc3)C(C(N)=O)C2)CC(c2ccccc2)O1. The van der Waals surface area contributed by atoms with Gasteiger partial charge in [0.05, 0.1) is 18.3 Å². The van der Waals surface area contributed by atoms with Crippen molar-refractivity contribution in [3.8, 4) is 0 Å². The van der Waals surface area contributed by atoms with Crippen LogP contribution in [-0.4, -0.2) is 47.7 Å². The number of amides is 2. The highest BCUT2D eigenvalue weighted by atomic mass is 19.1. The normalized spacial score (nSPS) is 23.9. The van der Waals surface area contributed by atoms with E-state index >= 15 is 0 Å². The van der Waals surface area contributed by atoms with Gasteiger partial charge >= 0.3 is 0 Å². The fourth-order valence-electron chi connectivity index (χ4n) is 3.84. The maximum Gasteiger partial charge on any atom is 0.270 e. The van der Waals surface area contributed by atoms with Crippen LogP contribution in [0.3, 0.4) is 0 Å². The second-order valence-electron chi connectivity index (χ2n) is 7.55. The van der Waals surface area contributed by atoms with Gasteiger partial charge in [0.2, 0.25) is 5.91 Å². The summed E-state index contributed by atoms with van der Waals surface area (Å²) in [5.74, 6) is -1.24. The van der Waals surface area contributed by atoms with Gasteiger partial charge in [0.15, 0.2) is 0 Å². The molecule has 3 atom stereocenters. The molecule has 2 aliphatic rings. The molecule has 2 amide bonds. The number of halogens is 1. The summed E-state index contributed by atoms with van der Waals surface area (Å²) in [6.07, 6.45) is -0.274. The van der Waals surface area contributed by atoms with Crippen molar-refractivity contribution in [2.24, 2.45) is 10.8 Å². The van der Waals surface area contributed by atoms with Crippen LogP contribution in [0.15, 0.2) is 59.7 Å². The van der Waals surface area contributed by atoms with Gasteiger partial charge in [0.25, 0.3) is 5.91 Å². The third-order valence-electron chi connectivity index (χ3n) is 5.30. The van der Waals surface area contributed by atoms with Gasteiger partial charge in [-0.1, -0.05) is 30.3 Å². The van der Waals surface area contributed by atoms with Crippen molar-refractivity contribution >= 4 is 23.2 Å². The van der Waals surface area contributed by atoms with Crippen molar-refractivity contribution in [3.63, 3.8) is 0 Å². The summed E-state index contributed by atoms with van der Waals surface area (Å²) in [4.78, 5) is 26.9. The number of nitrogens with zero attached hydrogens (tertiary/aromatic N) is 3. The molecule has 2 N–H and O–H groups in total. The number of rotatable bonds is 4. The summed E-state index contributed by atoms with van der Waals surface area (Å²) >= 11 is 0. The zero-order chi connectivity index (χ0) is 21.3. The number of benzene rings is 2. The number of morpholine rings is 1. The van der Waals surface area contributed by atoms with E-state index in [9.17, 15) is 14.0 Å². The Morgan fingerprint density at radius 1 is 1.10 bits per heavy atom. The number of hydrogen-bond donors (Lipinski definition) is 1. The van der Waals surface area contributed by atoms with E-state index in [1.54, 1.807) is 4.90 Å². The molecule has 2 aliphatic heterocycles. The van der Waals surface area contributed by atoms with E-state index in [1.807, 2.05) is 37.3 Å². The van der Waals surface area contributed by atoms with E-state index in [2.05, 4.69) is 5.10 Å². The standard InChI is InChI=1S/C22H23FN4O3/c1-14-12-26(13-20(30-14)15-5-3-2-4-6-15)22(29)18-11-19(21(24)28)27(25-18)17-9-7-16(23)8-10-17/h2-10,14,19-20H,11-13H2,1H3,(H2,24,28). The summed E-state index contributed by atoms with van der Waals surface area (Å²) in [5.41, 5.74) is 7.30. The van der Waals surface area contributed by atoms with Gasteiger partial charge in [0.1, 0.15) is 23.7 Å². The summed E-state index contributed by atoms with van der Waals surface area (Å²) in [5, 5.41) is 5.78. The number of ether oxygens (including phenoxy) is 1. The van der Waals surface area contributed by atoms with E-state index in [-0.39, 0.29) is 30.2 Å². The van der Waals surface area contributed by atoms with E-state index < -0.39 is 17.8 Å². The van der Waals surface area contributed by atoms with Crippen LogP contribution in [0.1, 0.15) is 25.0 Å². The molecule has 2 aromatic carbocycles. The van der Waals surface area contributed by atoms with Crippen molar-refractivity contribution < 1.29 is 18.7 Å². The van der Waals surface area contributed by atoms with Gasteiger partial charge in [-0.05, 0) is 36.8 Å². The highest BCUT2D eigenvalue weighted by molar-refractivity contribution is 6.40.